The minimum Gasteiger partial charge on any atom is -0.240 e. The van der Waals surface area contributed by atoms with E-state index in [1.807, 2.05) is 13.8 Å². The van der Waals surface area contributed by atoms with Gasteiger partial charge in [-0.2, -0.15) is 13.2 Å². The van der Waals surface area contributed by atoms with Gasteiger partial charge in [-0.25, -0.2) is 9.97 Å². The minimum atomic E-state index is -4.37. The fourth-order valence-corrected chi connectivity index (χ4v) is 2.33. The number of aromatic nitrogens is 2. The molecule has 0 aliphatic carbocycles. The van der Waals surface area contributed by atoms with E-state index in [-0.39, 0.29) is 5.92 Å². The minimum absolute atomic E-state index is 0.0332. The van der Waals surface area contributed by atoms with Crippen LogP contribution in [0.1, 0.15) is 31.0 Å². The van der Waals surface area contributed by atoms with Crippen LogP contribution in [-0.2, 0) is 6.18 Å². The van der Waals surface area contributed by atoms with Crippen LogP contribution in [0, 0.1) is 0 Å². The lowest BCUT2D eigenvalue weighted by Gasteiger charge is -2.12. The van der Waals surface area contributed by atoms with Crippen molar-refractivity contribution in [3.63, 3.8) is 0 Å². The first-order valence-electron chi connectivity index (χ1n) is 5.32. The summed E-state index contributed by atoms with van der Waals surface area (Å²) in [6.45, 7) is 3.77. The van der Waals surface area contributed by atoms with Gasteiger partial charge < -0.3 is 0 Å². The standard InChI is InChI=1S/C12H10BrF3N2/c1-6(2)10-8-3-7(12(14,15)16)4-9(13)11(8)18-5-17-10/h3-6H,1-2H3. The number of fused-ring (bicyclic) bond motifs is 1. The van der Waals surface area contributed by atoms with Crippen LogP contribution in [0.25, 0.3) is 10.9 Å². The Morgan fingerprint density at radius 3 is 2.39 bits per heavy atom. The zero-order valence-electron chi connectivity index (χ0n) is 9.72. The van der Waals surface area contributed by atoms with Gasteiger partial charge in [0.1, 0.15) is 6.33 Å². The van der Waals surface area contributed by atoms with E-state index in [2.05, 4.69) is 25.9 Å². The summed E-state index contributed by atoms with van der Waals surface area (Å²) in [5, 5.41) is 0.439. The summed E-state index contributed by atoms with van der Waals surface area (Å²) < 4.78 is 38.6. The zero-order chi connectivity index (χ0) is 13.5. The number of benzene rings is 1. The third-order valence-corrected chi connectivity index (χ3v) is 3.20. The topological polar surface area (TPSA) is 25.8 Å². The second kappa shape index (κ2) is 4.50. The van der Waals surface area contributed by atoms with Gasteiger partial charge in [0.05, 0.1) is 16.8 Å². The molecule has 0 aliphatic heterocycles. The monoisotopic (exact) mass is 318 g/mol. The molecule has 0 bridgehead atoms. The lowest BCUT2D eigenvalue weighted by atomic mass is 10.0. The van der Waals surface area contributed by atoms with Gasteiger partial charge in [-0.1, -0.05) is 13.8 Å². The number of rotatable bonds is 1. The highest BCUT2D eigenvalue weighted by atomic mass is 79.9. The van der Waals surface area contributed by atoms with Crippen molar-refractivity contribution in [3.05, 3.63) is 34.2 Å². The lowest BCUT2D eigenvalue weighted by molar-refractivity contribution is -0.137. The van der Waals surface area contributed by atoms with Crippen molar-refractivity contribution in [2.75, 3.05) is 0 Å². The Hall–Kier alpha value is -1.17. The molecule has 0 saturated heterocycles. The van der Waals surface area contributed by atoms with E-state index in [1.54, 1.807) is 0 Å². The molecule has 96 valence electrons. The summed E-state index contributed by atoms with van der Waals surface area (Å²) in [6.07, 6.45) is -3.00. The number of hydrogen-bond donors (Lipinski definition) is 0. The molecule has 1 aromatic heterocycles. The molecular formula is C12H10BrF3N2. The molecule has 0 N–H and O–H groups in total. The molecule has 0 amide bonds. The van der Waals surface area contributed by atoms with E-state index in [1.165, 1.54) is 6.33 Å². The quantitative estimate of drug-likeness (QED) is 0.771. The van der Waals surface area contributed by atoms with Gasteiger partial charge in [0.15, 0.2) is 0 Å². The Bertz CT molecular complexity index is 594. The first-order valence-corrected chi connectivity index (χ1v) is 6.11. The normalized spacial score (nSPS) is 12.4. The van der Waals surface area contributed by atoms with Crippen molar-refractivity contribution in [1.29, 1.82) is 0 Å². The molecule has 2 nitrogen and oxygen atoms in total. The Kier molecular flexibility index (Phi) is 3.31. The van der Waals surface area contributed by atoms with Gasteiger partial charge in [-0.15, -0.1) is 0 Å². The fourth-order valence-electron chi connectivity index (χ4n) is 1.77. The van der Waals surface area contributed by atoms with Crippen LogP contribution in [0.15, 0.2) is 22.9 Å². The van der Waals surface area contributed by atoms with E-state index < -0.39 is 11.7 Å². The average molecular weight is 319 g/mol. The Labute approximate surface area is 110 Å². The van der Waals surface area contributed by atoms with E-state index in [4.69, 9.17) is 0 Å². The molecule has 0 atom stereocenters. The molecule has 0 unspecified atom stereocenters. The van der Waals surface area contributed by atoms with Crippen molar-refractivity contribution < 1.29 is 13.2 Å². The van der Waals surface area contributed by atoms with Crippen LogP contribution in [0.3, 0.4) is 0 Å². The predicted octanol–water partition coefficient (Wildman–Crippen LogP) is 4.53. The first kappa shape index (κ1) is 13.3. The van der Waals surface area contributed by atoms with E-state index >= 15 is 0 Å². The molecule has 0 radical (unpaired) electrons. The highest BCUT2D eigenvalue weighted by molar-refractivity contribution is 9.10. The molecule has 0 saturated carbocycles. The number of hydrogen-bond acceptors (Lipinski definition) is 2. The molecule has 0 fully saturated rings. The highest BCUT2D eigenvalue weighted by Crippen LogP contribution is 2.36. The first-order chi connectivity index (χ1) is 8.30. The number of nitrogens with zero attached hydrogens (tertiary/aromatic N) is 2. The molecular weight excluding hydrogens is 309 g/mol. The van der Waals surface area contributed by atoms with Crippen LogP contribution in [0.2, 0.25) is 0 Å². The average Bonchev–Trinajstić information content (AvgIpc) is 2.26. The molecule has 0 aliphatic rings. The van der Waals surface area contributed by atoms with Gasteiger partial charge in [-0.05, 0) is 34.0 Å². The summed E-state index contributed by atoms with van der Waals surface area (Å²) in [4.78, 5) is 8.09. The highest BCUT2D eigenvalue weighted by Gasteiger charge is 2.31. The summed E-state index contributed by atoms with van der Waals surface area (Å²) in [7, 11) is 0. The Balaban J connectivity index is 2.81. The predicted molar refractivity (Wildman–Crippen MR) is 66.3 cm³/mol. The molecule has 1 aromatic carbocycles. The van der Waals surface area contributed by atoms with E-state index in [0.29, 0.717) is 21.1 Å². The van der Waals surface area contributed by atoms with Gasteiger partial charge in [0.25, 0.3) is 0 Å². The summed E-state index contributed by atoms with van der Waals surface area (Å²) in [5.74, 6) is 0.0332. The van der Waals surface area contributed by atoms with Crippen molar-refractivity contribution in [3.8, 4) is 0 Å². The maximum atomic E-state index is 12.8. The smallest absolute Gasteiger partial charge is 0.240 e. The second-order valence-electron chi connectivity index (χ2n) is 4.27. The Morgan fingerprint density at radius 1 is 1.17 bits per heavy atom. The van der Waals surface area contributed by atoms with Gasteiger partial charge in [0, 0.05) is 9.86 Å². The SMILES string of the molecule is CC(C)c1ncnc2c(Br)cc(C(F)(F)F)cc12. The van der Waals surface area contributed by atoms with Crippen molar-refractivity contribution in [1.82, 2.24) is 9.97 Å². The van der Waals surface area contributed by atoms with E-state index in [0.717, 1.165) is 12.1 Å². The maximum absolute atomic E-state index is 12.8. The van der Waals surface area contributed by atoms with Crippen molar-refractivity contribution >= 4 is 26.8 Å². The fraction of sp³-hybridized carbons (Fsp3) is 0.333. The number of halogens is 4. The van der Waals surface area contributed by atoms with Gasteiger partial charge >= 0.3 is 6.18 Å². The van der Waals surface area contributed by atoms with Crippen molar-refractivity contribution in [2.24, 2.45) is 0 Å². The summed E-state index contributed by atoms with van der Waals surface area (Å²) in [6, 6.07) is 2.15. The maximum Gasteiger partial charge on any atom is 0.416 e. The third kappa shape index (κ3) is 2.34. The molecule has 1 heterocycles. The van der Waals surface area contributed by atoms with Crippen LogP contribution in [0.4, 0.5) is 13.2 Å². The molecule has 2 rings (SSSR count). The van der Waals surface area contributed by atoms with Gasteiger partial charge in [0.2, 0.25) is 0 Å². The van der Waals surface area contributed by atoms with Crippen LogP contribution in [0.5, 0.6) is 0 Å². The van der Waals surface area contributed by atoms with Crippen LogP contribution < -0.4 is 0 Å². The summed E-state index contributed by atoms with van der Waals surface area (Å²) >= 11 is 3.13. The molecule has 6 heteroatoms. The molecule has 0 spiro atoms. The second-order valence-corrected chi connectivity index (χ2v) is 5.12. The van der Waals surface area contributed by atoms with E-state index in [9.17, 15) is 13.2 Å². The molecule has 18 heavy (non-hydrogen) atoms. The zero-order valence-corrected chi connectivity index (χ0v) is 11.3. The molecule has 2 aromatic rings. The largest absolute Gasteiger partial charge is 0.416 e. The third-order valence-electron chi connectivity index (χ3n) is 2.60. The Morgan fingerprint density at radius 2 is 1.83 bits per heavy atom. The van der Waals surface area contributed by atoms with Crippen LogP contribution in [-0.4, -0.2) is 9.97 Å². The lowest BCUT2D eigenvalue weighted by Crippen LogP contribution is -2.06. The summed E-state index contributed by atoms with van der Waals surface area (Å²) in [5.41, 5.74) is 0.423. The van der Waals surface area contributed by atoms with Crippen molar-refractivity contribution in [2.45, 2.75) is 25.9 Å². The number of alkyl halides is 3. The van der Waals surface area contributed by atoms with Crippen LogP contribution >= 0.6 is 15.9 Å². The van der Waals surface area contributed by atoms with Gasteiger partial charge in [-0.3, -0.25) is 0 Å².